The zero-order chi connectivity index (χ0) is 12.1. The highest BCUT2D eigenvalue weighted by molar-refractivity contribution is 5.76. The van der Waals surface area contributed by atoms with E-state index in [4.69, 9.17) is 9.26 Å². The van der Waals surface area contributed by atoms with Crippen molar-refractivity contribution in [2.45, 2.75) is 26.0 Å². The molecule has 0 spiro atoms. The molecule has 1 aromatic rings. The molecule has 2 N–H and O–H groups in total. The predicted molar refractivity (Wildman–Crippen MR) is 58.1 cm³/mol. The third-order valence-electron chi connectivity index (χ3n) is 2.43. The van der Waals surface area contributed by atoms with Crippen LogP contribution in [0, 0.1) is 6.92 Å². The van der Waals surface area contributed by atoms with E-state index in [1.165, 1.54) is 0 Å². The molecular weight excluding hydrogens is 224 g/mol. The van der Waals surface area contributed by atoms with Crippen molar-refractivity contribution in [2.24, 2.45) is 0 Å². The van der Waals surface area contributed by atoms with Crippen LogP contribution < -0.4 is 10.6 Å². The number of hydrogen-bond donors (Lipinski definition) is 2. The maximum atomic E-state index is 11.6. The van der Waals surface area contributed by atoms with Crippen molar-refractivity contribution in [1.29, 1.82) is 0 Å². The van der Waals surface area contributed by atoms with Crippen LogP contribution in [0.5, 0.6) is 0 Å². The lowest BCUT2D eigenvalue weighted by molar-refractivity contribution is -0.124. The molecule has 1 fully saturated rings. The van der Waals surface area contributed by atoms with Gasteiger partial charge < -0.3 is 19.9 Å². The van der Waals surface area contributed by atoms with Crippen LogP contribution >= 0.6 is 0 Å². The molecular formula is C10H16N4O3. The largest absolute Gasteiger partial charge is 0.375 e. The van der Waals surface area contributed by atoms with E-state index >= 15 is 0 Å². The Labute approximate surface area is 98.9 Å². The first-order valence-electron chi connectivity index (χ1n) is 5.62. The molecule has 1 aliphatic heterocycles. The van der Waals surface area contributed by atoms with E-state index in [1.54, 1.807) is 6.92 Å². The Morgan fingerprint density at radius 3 is 3.18 bits per heavy atom. The number of rotatable bonds is 4. The Kier molecular flexibility index (Phi) is 4.05. The summed E-state index contributed by atoms with van der Waals surface area (Å²) in [4.78, 5) is 15.6. The van der Waals surface area contributed by atoms with Gasteiger partial charge in [-0.1, -0.05) is 5.16 Å². The third kappa shape index (κ3) is 3.79. The molecule has 0 bridgehead atoms. The second kappa shape index (κ2) is 5.74. The van der Waals surface area contributed by atoms with Crippen molar-refractivity contribution in [3.8, 4) is 0 Å². The van der Waals surface area contributed by atoms with Crippen LogP contribution in [-0.4, -0.2) is 41.8 Å². The zero-order valence-corrected chi connectivity index (χ0v) is 9.73. The van der Waals surface area contributed by atoms with Crippen molar-refractivity contribution < 1.29 is 14.1 Å². The van der Waals surface area contributed by atoms with Gasteiger partial charge in [0, 0.05) is 20.0 Å². The average molecular weight is 240 g/mol. The number of nitrogens with zero attached hydrogens (tertiary/aromatic N) is 2. The van der Waals surface area contributed by atoms with E-state index in [2.05, 4.69) is 20.8 Å². The Morgan fingerprint density at radius 1 is 1.65 bits per heavy atom. The van der Waals surface area contributed by atoms with Crippen molar-refractivity contribution in [1.82, 2.24) is 20.8 Å². The Morgan fingerprint density at radius 2 is 2.53 bits per heavy atom. The van der Waals surface area contributed by atoms with E-state index in [-0.39, 0.29) is 18.6 Å². The van der Waals surface area contributed by atoms with E-state index in [0.717, 1.165) is 13.1 Å². The van der Waals surface area contributed by atoms with Gasteiger partial charge in [0.15, 0.2) is 5.82 Å². The van der Waals surface area contributed by atoms with Crippen LogP contribution in [0.3, 0.4) is 0 Å². The highest BCUT2D eigenvalue weighted by atomic mass is 16.5. The summed E-state index contributed by atoms with van der Waals surface area (Å²) in [5.74, 6) is 0.911. The SMILES string of the molecule is Cc1nc(CNC(=O)CC2CNCCO2)no1. The summed E-state index contributed by atoms with van der Waals surface area (Å²) >= 11 is 0. The van der Waals surface area contributed by atoms with Gasteiger partial charge in [-0.25, -0.2) is 0 Å². The first kappa shape index (κ1) is 12.0. The molecule has 1 amide bonds. The molecule has 7 nitrogen and oxygen atoms in total. The van der Waals surface area contributed by atoms with Gasteiger partial charge in [-0.2, -0.15) is 4.98 Å². The van der Waals surface area contributed by atoms with E-state index in [1.807, 2.05) is 0 Å². The third-order valence-corrected chi connectivity index (χ3v) is 2.43. The molecule has 1 saturated heterocycles. The molecule has 0 aliphatic carbocycles. The normalized spacial score (nSPS) is 20.2. The maximum absolute atomic E-state index is 11.6. The molecule has 1 aromatic heterocycles. The lowest BCUT2D eigenvalue weighted by Gasteiger charge is -2.22. The van der Waals surface area contributed by atoms with Crippen LogP contribution in [0.25, 0.3) is 0 Å². The van der Waals surface area contributed by atoms with Crippen molar-refractivity contribution in [3.63, 3.8) is 0 Å². The van der Waals surface area contributed by atoms with Gasteiger partial charge in [0.05, 0.1) is 25.7 Å². The van der Waals surface area contributed by atoms with Crippen LogP contribution in [0.2, 0.25) is 0 Å². The summed E-state index contributed by atoms with van der Waals surface area (Å²) in [6, 6.07) is 0. The molecule has 0 aromatic carbocycles. The van der Waals surface area contributed by atoms with Crippen LogP contribution in [0.1, 0.15) is 18.1 Å². The smallest absolute Gasteiger partial charge is 0.223 e. The van der Waals surface area contributed by atoms with Crippen molar-refractivity contribution >= 4 is 5.91 Å². The van der Waals surface area contributed by atoms with Crippen molar-refractivity contribution in [3.05, 3.63) is 11.7 Å². The van der Waals surface area contributed by atoms with E-state index < -0.39 is 0 Å². The maximum Gasteiger partial charge on any atom is 0.223 e. The van der Waals surface area contributed by atoms with Gasteiger partial charge >= 0.3 is 0 Å². The van der Waals surface area contributed by atoms with Crippen LogP contribution in [0.15, 0.2) is 4.52 Å². The fourth-order valence-electron chi connectivity index (χ4n) is 1.62. The molecule has 7 heteroatoms. The van der Waals surface area contributed by atoms with E-state index in [9.17, 15) is 4.79 Å². The Hall–Kier alpha value is -1.47. The monoisotopic (exact) mass is 240 g/mol. The standard InChI is InChI=1S/C10H16N4O3/c1-7-13-9(14-17-7)6-12-10(15)4-8-5-11-2-3-16-8/h8,11H,2-6H2,1H3,(H,12,15). The molecule has 17 heavy (non-hydrogen) atoms. The zero-order valence-electron chi connectivity index (χ0n) is 9.73. The highest BCUT2D eigenvalue weighted by Crippen LogP contribution is 2.01. The van der Waals surface area contributed by atoms with Crippen LogP contribution in [0.4, 0.5) is 0 Å². The van der Waals surface area contributed by atoms with E-state index in [0.29, 0.717) is 24.7 Å². The molecule has 0 saturated carbocycles. The second-order valence-corrected chi connectivity index (χ2v) is 3.91. The van der Waals surface area contributed by atoms with Gasteiger partial charge in [-0.3, -0.25) is 4.79 Å². The number of ether oxygens (including phenoxy) is 1. The quantitative estimate of drug-likeness (QED) is 0.728. The number of morpholine rings is 1. The molecule has 0 radical (unpaired) electrons. The molecule has 1 unspecified atom stereocenters. The van der Waals surface area contributed by atoms with Gasteiger partial charge in [0.2, 0.25) is 11.8 Å². The lowest BCUT2D eigenvalue weighted by Crippen LogP contribution is -2.41. The minimum atomic E-state index is -0.0684. The summed E-state index contributed by atoms with van der Waals surface area (Å²) in [5, 5.41) is 9.59. The predicted octanol–water partition coefficient (Wildman–Crippen LogP) is -0.627. The number of carbonyl (C=O) groups is 1. The van der Waals surface area contributed by atoms with Gasteiger partial charge in [0.1, 0.15) is 0 Å². The minimum absolute atomic E-state index is 0.0456. The summed E-state index contributed by atoms with van der Waals surface area (Å²) in [5.41, 5.74) is 0. The molecule has 94 valence electrons. The summed E-state index contributed by atoms with van der Waals surface area (Å²) in [7, 11) is 0. The van der Waals surface area contributed by atoms with Gasteiger partial charge in [-0.15, -0.1) is 0 Å². The number of amides is 1. The number of hydrogen-bond acceptors (Lipinski definition) is 6. The summed E-state index contributed by atoms with van der Waals surface area (Å²) in [6.45, 7) is 4.22. The lowest BCUT2D eigenvalue weighted by atomic mass is 10.2. The number of aromatic nitrogens is 2. The average Bonchev–Trinajstić information content (AvgIpc) is 2.74. The first-order chi connectivity index (χ1) is 8.24. The Balaban J connectivity index is 1.70. The molecule has 1 atom stereocenters. The number of nitrogens with one attached hydrogen (secondary N) is 2. The first-order valence-corrected chi connectivity index (χ1v) is 5.62. The van der Waals surface area contributed by atoms with Gasteiger partial charge in [-0.05, 0) is 0 Å². The Bertz CT molecular complexity index is 373. The fraction of sp³-hybridized carbons (Fsp3) is 0.700. The highest BCUT2D eigenvalue weighted by Gasteiger charge is 2.17. The molecule has 2 heterocycles. The summed E-state index contributed by atoms with van der Waals surface area (Å²) < 4.78 is 10.2. The molecule has 1 aliphatic rings. The van der Waals surface area contributed by atoms with Gasteiger partial charge in [0.25, 0.3) is 0 Å². The second-order valence-electron chi connectivity index (χ2n) is 3.91. The van der Waals surface area contributed by atoms with Crippen LogP contribution in [-0.2, 0) is 16.1 Å². The van der Waals surface area contributed by atoms with Crippen molar-refractivity contribution in [2.75, 3.05) is 19.7 Å². The number of aryl methyl sites for hydroxylation is 1. The fourth-order valence-corrected chi connectivity index (χ4v) is 1.62. The topological polar surface area (TPSA) is 89.3 Å². The summed E-state index contributed by atoms with van der Waals surface area (Å²) in [6.07, 6.45) is 0.305. The number of carbonyl (C=O) groups excluding carboxylic acids is 1. The molecule has 2 rings (SSSR count). The minimum Gasteiger partial charge on any atom is -0.375 e.